The van der Waals surface area contributed by atoms with Crippen LogP contribution in [0, 0.1) is 6.92 Å². The van der Waals surface area contributed by atoms with E-state index in [-0.39, 0.29) is 0 Å². The van der Waals surface area contributed by atoms with Gasteiger partial charge < -0.3 is 0 Å². The summed E-state index contributed by atoms with van der Waals surface area (Å²) in [6, 6.07) is 1.47. The molecule has 2 rings (SSSR count). The van der Waals surface area contributed by atoms with Gasteiger partial charge >= 0.3 is 0 Å². The molecule has 0 saturated carbocycles. The second-order valence-corrected chi connectivity index (χ2v) is 4.01. The van der Waals surface area contributed by atoms with Gasteiger partial charge in [-0.15, -0.1) is 0 Å². The van der Waals surface area contributed by atoms with Crippen molar-refractivity contribution in [1.29, 1.82) is 0 Å². The molecule has 0 atom stereocenters. The van der Waals surface area contributed by atoms with Gasteiger partial charge in [0.2, 0.25) is 0 Å². The first kappa shape index (κ1) is 9.76. The summed E-state index contributed by atoms with van der Waals surface area (Å²) in [6.07, 6.45) is 0. The number of hydrogen-bond donors (Lipinski definition) is 0. The number of hydrogen-bond acceptors (Lipinski definition) is 5. The Hall–Kier alpha value is -0.780. The van der Waals surface area contributed by atoms with Gasteiger partial charge in [-0.25, -0.2) is 15.0 Å². The fraction of sp³-hybridized carbons (Fsp3) is 0.143. The summed E-state index contributed by atoms with van der Waals surface area (Å²) < 4.78 is 4.02. The zero-order valence-electron chi connectivity index (χ0n) is 7.03. The largest absolute Gasteiger partial charge is 0.216 e. The van der Waals surface area contributed by atoms with Crippen LogP contribution in [-0.2, 0) is 0 Å². The van der Waals surface area contributed by atoms with Crippen molar-refractivity contribution in [2.24, 2.45) is 0 Å². The highest BCUT2D eigenvalue weighted by atomic mass is 35.5. The van der Waals surface area contributed by atoms with Gasteiger partial charge in [-0.3, -0.25) is 0 Å². The molecule has 2 aromatic heterocycles. The smallest absolute Gasteiger partial charge is 0.193 e. The molecule has 0 aliphatic carbocycles. The third-order valence-corrected chi connectivity index (χ3v) is 2.57. The third kappa shape index (κ3) is 2.00. The fourth-order valence-corrected chi connectivity index (χ4v) is 1.90. The van der Waals surface area contributed by atoms with Gasteiger partial charge in [-0.1, -0.05) is 23.2 Å². The number of nitrogens with zero attached hydrogens (tertiary/aromatic N) is 4. The first-order chi connectivity index (χ1) is 6.65. The van der Waals surface area contributed by atoms with Crippen LogP contribution in [0.2, 0.25) is 10.3 Å². The molecule has 0 aromatic carbocycles. The second-order valence-electron chi connectivity index (χ2n) is 2.48. The van der Waals surface area contributed by atoms with Crippen LogP contribution in [0.4, 0.5) is 0 Å². The summed E-state index contributed by atoms with van der Waals surface area (Å²) in [6.45, 7) is 1.80. The quantitative estimate of drug-likeness (QED) is 0.727. The van der Waals surface area contributed by atoms with Crippen molar-refractivity contribution < 1.29 is 0 Å². The number of rotatable bonds is 1. The van der Waals surface area contributed by atoms with Gasteiger partial charge in [0.15, 0.2) is 10.8 Å². The maximum Gasteiger partial charge on any atom is 0.193 e. The Morgan fingerprint density at radius 3 is 2.29 bits per heavy atom. The molecule has 0 aliphatic heterocycles. The topological polar surface area (TPSA) is 51.6 Å². The minimum Gasteiger partial charge on any atom is -0.216 e. The molecule has 0 aliphatic rings. The molecule has 0 N–H and O–H groups in total. The van der Waals surface area contributed by atoms with Crippen molar-refractivity contribution in [1.82, 2.24) is 19.3 Å². The van der Waals surface area contributed by atoms with Crippen molar-refractivity contribution in [3.8, 4) is 10.8 Å². The molecule has 0 saturated heterocycles. The van der Waals surface area contributed by atoms with E-state index in [9.17, 15) is 0 Å². The van der Waals surface area contributed by atoms with Crippen LogP contribution >= 0.6 is 34.7 Å². The number of aromatic nitrogens is 4. The average Bonchev–Trinajstić information content (AvgIpc) is 2.50. The lowest BCUT2D eigenvalue weighted by Crippen LogP contribution is -1.89. The predicted octanol–water partition coefficient (Wildman–Crippen LogP) is 2.61. The lowest BCUT2D eigenvalue weighted by molar-refractivity contribution is 1.12. The van der Waals surface area contributed by atoms with Crippen LogP contribution < -0.4 is 0 Å². The average molecular weight is 247 g/mol. The zero-order valence-corrected chi connectivity index (χ0v) is 9.36. The van der Waals surface area contributed by atoms with Gasteiger partial charge in [0.05, 0.1) is 0 Å². The Morgan fingerprint density at radius 2 is 1.79 bits per heavy atom. The monoisotopic (exact) mass is 246 g/mol. The van der Waals surface area contributed by atoms with Crippen LogP contribution in [0.1, 0.15) is 5.82 Å². The minimum absolute atomic E-state index is 0.299. The highest BCUT2D eigenvalue weighted by Crippen LogP contribution is 2.21. The van der Waals surface area contributed by atoms with E-state index in [0.29, 0.717) is 27.0 Å². The maximum absolute atomic E-state index is 5.73. The normalized spacial score (nSPS) is 10.5. The van der Waals surface area contributed by atoms with E-state index in [1.807, 2.05) is 0 Å². The Bertz CT molecular complexity index is 450. The first-order valence-corrected chi connectivity index (χ1v) is 5.19. The highest BCUT2D eigenvalue weighted by molar-refractivity contribution is 7.09. The highest BCUT2D eigenvalue weighted by Gasteiger charge is 2.09. The lowest BCUT2D eigenvalue weighted by atomic mass is 10.5. The summed E-state index contributed by atoms with van der Waals surface area (Å²) in [7, 11) is 0. The molecule has 14 heavy (non-hydrogen) atoms. The molecule has 0 unspecified atom stereocenters. The summed E-state index contributed by atoms with van der Waals surface area (Å²) in [4.78, 5) is 12.1. The SMILES string of the molecule is Cc1nsc(-c2nc(Cl)cc(Cl)n2)n1. The second kappa shape index (κ2) is 3.76. The lowest BCUT2D eigenvalue weighted by Gasteiger charge is -1.95. The molecule has 7 heteroatoms. The van der Waals surface area contributed by atoms with E-state index in [4.69, 9.17) is 23.2 Å². The van der Waals surface area contributed by atoms with Gasteiger partial charge in [0, 0.05) is 6.07 Å². The minimum atomic E-state index is 0.299. The Morgan fingerprint density at radius 1 is 1.14 bits per heavy atom. The molecule has 72 valence electrons. The summed E-state index contributed by atoms with van der Waals surface area (Å²) in [5.41, 5.74) is 0. The van der Waals surface area contributed by atoms with E-state index in [1.54, 1.807) is 6.92 Å². The van der Waals surface area contributed by atoms with Gasteiger partial charge in [-0.05, 0) is 18.5 Å². The van der Waals surface area contributed by atoms with E-state index >= 15 is 0 Å². The van der Waals surface area contributed by atoms with Crippen molar-refractivity contribution in [3.05, 3.63) is 22.2 Å². The maximum atomic E-state index is 5.73. The van der Waals surface area contributed by atoms with Gasteiger partial charge in [-0.2, -0.15) is 4.37 Å². The van der Waals surface area contributed by atoms with Crippen molar-refractivity contribution in [2.45, 2.75) is 6.92 Å². The molecule has 0 spiro atoms. The Labute approximate surface area is 94.1 Å². The fourth-order valence-electron chi connectivity index (χ4n) is 0.874. The number of halogens is 2. The van der Waals surface area contributed by atoms with Crippen molar-refractivity contribution in [3.63, 3.8) is 0 Å². The Balaban J connectivity index is 2.51. The van der Waals surface area contributed by atoms with Crippen LogP contribution in [-0.4, -0.2) is 19.3 Å². The van der Waals surface area contributed by atoms with Gasteiger partial charge in [0.1, 0.15) is 16.1 Å². The molecule has 0 amide bonds. The molecule has 4 nitrogen and oxygen atoms in total. The van der Waals surface area contributed by atoms with Crippen LogP contribution in [0.5, 0.6) is 0 Å². The molecular formula is C7H4Cl2N4S. The number of aryl methyl sites for hydroxylation is 1. The van der Waals surface area contributed by atoms with Crippen molar-refractivity contribution >= 4 is 34.7 Å². The molecule has 0 radical (unpaired) electrons. The summed E-state index contributed by atoms with van der Waals surface area (Å²) in [5, 5.41) is 1.22. The zero-order chi connectivity index (χ0) is 10.1. The van der Waals surface area contributed by atoms with Crippen LogP contribution in [0.25, 0.3) is 10.8 Å². The van der Waals surface area contributed by atoms with E-state index < -0.39 is 0 Å². The summed E-state index contributed by atoms with van der Waals surface area (Å²) >= 11 is 12.7. The van der Waals surface area contributed by atoms with E-state index in [0.717, 1.165) is 0 Å². The summed E-state index contributed by atoms with van der Waals surface area (Å²) in [5.74, 6) is 1.10. The van der Waals surface area contributed by atoms with Gasteiger partial charge in [0.25, 0.3) is 0 Å². The van der Waals surface area contributed by atoms with Crippen LogP contribution in [0.3, 0.4) is 0 Å². The van der Waals surface area contributed by atoms with Crippen molar-refractivity contribution in [2.75, 3.05) is 0 Å². The molecule has 2 aromatic rings. The molecule has 0 fully saturated rings. The molecule has 2 heterocycles. The van der Waals surface area contributed by atoms with E-state index in [2.05, 4.69) is 19.3 Å². The standard InChI is InChI=1S/C7H4Cl2N4S/c1-3-10-7(14-13-3)6-11-4(8)2-5(9)12-6/h2H,1H3. The Kier molecular flexibility index (Phi) is 2.62. The molecular weight excluding hydrogens is 243 g/mol. The predicted molar refractivity (Wildman–Crippen MR) is 55.7 cm³/mol. The first-order valence-electron chi connectivity index (χ1n) is 3.66. The third-order valence-electron chi connectivity index (χ3n) is 1.38. The molecule has 0 bridgehead atoms. The van der Waals surface area contributed by atoms with E-state index in [1.165, 1.54) is 17.6 Å². The van der Waals surface area contributed by atoms with Crippen LogP contribution in [0.15, 0.2) is 6.07 Å².